The molecule has 0 amide bonds. The Hall–Kier alpha value is -0.420. The number of hydrogen-bond acceptors (Lipinski definition) is 4. The Bertz CT molecular complexity index is 266. The number of rotatable bonds is 8. The fourth-order valence-electron chi connectivity index (χ4n) is 2.39. The lowest BCUT2D eigenvalue weighted by molar-refractivity contribution is 0.207. The van der Waals surface area contributed by atoms with E-state index >= 15 is 0 Å². The molecule has 1 fully saturated rings. The van der Waals surface area contributed by atoms with Gasteiger partial charge >= 0.3 is 0 Å². The third-order valence-corrected chi connectivity index (χ3v) is 4.40. The van der Waals surface area contributed by atoms with Gasteiger partial charge < -0.3 is 15.8 Å². The highest BCUT2D eigenvalue weighted by Gasteiger charge is 2.44. The van der Waals surface area contributed by atoms with Crippen molar-refractivity contribution in [2.75, 3.05) is 25.6 Å². The van der Waals surface area contributed by atoms with Crippen LogP contribution < -0.4 is 5.73 Å². The summed E-state index contributed by atoms with van der Waals surface area (Å²) in [6, 6.07) is 0.634. The van der Waals surface area contributed by atoms with Gasteiger partial charge in [-0.2, -0.15) is 11.8 Å². The maximum absolute atomic E-state index is 8.65. The van der Waals surface area contributed by atoms with Crippen LogP contribution in [0, 0.1) is 5.41 Å². The van der Waals surface area contributed by atoms with Crippen molar-refractivity contribution in [1.29, 1.82) is 0 Å². The van der Waals surface area contributed by atoms with E-state index in [1.165, 1.54) is 25.0 Å². The third-order valence-electron chi connectivity index (χ3n) is 3.68. The summed E-state index contributed by atoms with van der Waals surface area (Å²) in [6.45, 7) is 3.29. The minimum Gasteiger partial charge on any atom is -0.409 e. The molecule has 0 aromatic heterocycles. The molecular weight excluding hydrogens is 234 g/mol. The van der Waals surface area contributed by atoms with Gasteiger partial charge in [0.05, 0.1) is 0 Å². The van der Waals surface area contributed by atoms with E-state index in [4.69, 9.17) is 10.9 Å². The summed E-state index contributed by atoms with van der Waals surface area (Å²) in [5.74, 6) is 1.54. The van der Waals surface area contributed by atoms with Crippen LogP contribution in [0.4, 0.5) is 0 Å². The van der Waals surface area contributed by atoms with E-state index < -0.39 is 0 Å². The number of hydrogen-bond donors (Lipinski definition) is 2. The van der Waals surface area contributed by atoms with Crippen LogP contribution in [0.3, 0.4) is 0 Å². The Balaban J connectivity index is 2.46. The molecule has 1 aliphatic rings. The first kappa shape index (κ1) is 14.6. The SMILES string of the molecule is CCC(CSC)N(C)CC1(CC(N)=NO)CC1. The average molecular weight is 259 g/mol. The van der Waals surface area contributed by atoms with Gasteiger partial charge in [0.1, 0.15) is 5.84 Å². The highest BCUT2D eigenvalue weighted by atomic mass is 32.2. The molecule has 1 saturated carbocycles. The average Bonchev–Trinajstić information content (AvgIpc) is 3.05. The van der Waals surface area contributed by atoms with Crippen LogP contribution >= 0.6 is 11.8 Å². The van der Waals surface area contributed by atoms with E-state index in [9.17, 15) is 0 Å². The summed E-state index contributed by atoms with van der Waals surface area (Å²) in [6.07, 6.45) is 6.45. The fraction of sp³-hybridized carbons (Fsp3) is 0.917. The molecule has 1 aliphatic carbocycles. The Morgan fingerprint density at radius 1 is 1.59 bits per heavy atom. The van der Waals surface area contributed by atoms with Crippen LogP contribution in [0.2, 0.25) is 0 Å². The highest BCUT2D eigenvalue weighted by Crippen LogP contribution is 2.49. The number of thioether (sulfide) groups is 1. The van der Waals surface area contributed by atoms with Crippen molar-refractivity contribution in [3.05, 3.63) is 0 Å². The lowest BCUT2D eigenvalue weighted by atomic mass is 10.0. The minimum absolute atomic E-state index is 0.275. The molecule has 0 aliphatic heterocycles. The van der Waals surface area contributed by atoms with Crippen LogP contribution in [-0.2, 0) is 0 Å². The molecule has 100 valence electrons. The van der Waals surface area contributed by atoms with Crippen LogP contribution in [0.25, 0.3) is 0 Å². The smallest absolute Gasteiger partial charge is 0.139 e. The summed E-state index contributed by atoms with van der Waals surface area (Å²) in [5, 5.41) is 11.7. The summed E-state index contributed by atoms with van der Waals surface area (Å²) >= 11 is 1.90. The predicted molar refractivity (Wildman–Crippen MR) is 74.8 cm³/mol. The maximum Gasteiger partial charge on any atom is 0.139 e. The first-order valence-corrected chi connectivity index (χ1v) is 7.62. The molecule has 0 spiro atoms. The predicted octanol–water partition coefficient (Wildman–Crippen LogP) is 1.98. The van der Waals surface area contributed by atoms with Gasteiger partial charge in [0.2, 0.25) is 0 Å². The van der Waals surface area contributed by atoms with Gasteiger partial charge in [-0.25, -0.2) is 0 Å². The Kier molecular flexibility index (Phi) is 5.59. The van der Waals surface area contributed by atoms with E-state index in [0.717, 1.165) is 13.0 Å². The molecule has 0 heterocycles. The second kappa shape index (κ2) is 6.50. The third kappa shape index (κ3) is 4.39. The summed E-state index contributed by atoms with van der Waals surface area (Å²) in [7, 11) is 2.19. The molecule has 1 rings (SSSR count). The summed E-state index contributed by atoms with van der Waals surface area (Å²) in [5.41, 5.74) is 5.89. The molecule has 0 radical (unpaired) electrons. The molecule has 17 heavy (non-hydrogen) atoms. The van der Waals surface area contributed by atoms with Crippen LogP contribution in [0.5, 0.6) is 0 Å². The van der Waals surface area contributed by atoms with Crippen LogP contribution in [0.15, 0.2) is 5.16 Å². The molecule has 4 nitrogen and oxygen atoms in total. The monoisotopic (exact) mass is 259 g/mol. The van der Waals surface area contributed by atoms with Crippen LogP contribution in [0.1, 0.15) is 32.6 Å². The van der Waals surface area contributed by atoms with Gasteiger partial charge in [0.15, 0.2) is 0 Å². The van der Waals surface area contributed by atoms with Gasteiger partial charge in [-0.05, 0) is 38.0 Å². The Morgan fingerprint density at radius 2 is 2.24 bits per heavy atom. The molecule has 1 unspecified atom stereocenters. The molecule has 3 N–H and O–H groups in total. The minimum atomic E-state index is 0.275. The zero-order valence-electron chi connectivity index (χ0n) is 11.1. The maximum atomic E-state index is 8.65. The zero-order valence-corrected chi connectivity index (χ0v) is 12.0. The van der Waals surface area contributed by atoms with Crippen molar-refractivity contribution in [1.82, 2.24) is 4.90 Å². The van der Waals surface area contributed by atoms with E-state index in [1.54, 1.807) is 0 Å². The van der Waals surface area contributed by atoms with Crippen molar-refractivity contribution >= 4 is 17.6 Å². The van der Waals surface area contributed by atoms with E-state index in [0.29, 0.717) is 11.9 Å². The molecule has 0 aromatic carbocycles. The van der Waals surface area contributed by atoms with E-state index in [-0.39, 0.29) is 5.41 Å². The molecule has 5 heteroatoms. The fourth-order valence-corrected chi connectivity index (χ4v) is 3.27. The number of nitrogens with two attached hydrogens (primary N) is 1. The Morgan fingerprint density at radius 3 is 2.65 bits per heavy atom. The number of amidine groups is 1. The van der Waals surface area contributed by atoms with Gasteiger partial charge in [0, 0.05) is 24.8 Å². The van der Waals surface area contributed by atoms with E-state index in [1.807, 2.05) is 11.8 Å². The van der Waals surface area contributed by atoms with Crippen molar-refractivity contribution < 1.29 is 5.21 Å². The number of nitrogens with zero attached hydrogens (tertiary/aromatic N) is 2. The summed E-state index contributed by atoms with van der Waals surface area (Å²) < 4.78 is 0. The second-order valence-corrected chi connectivity index (χ2v) is 6.11. The molecule has 0 aromatic rings. The van der Waals surface area contributed by atoms with Crippen LogP contribution in [-0.4, -0.2) is 47.6 Å². The van der Waals surface area contributed by atoms with Crippen molar-refractivity contribution in [3.63, 3.8) is 0 Å². The molecule has 0 saturated heterocycles. The quantitative estimate of drug-likeness (QED) is 0.303. The van der Waals surface area contributed by atoms with Gasteiger partial charge in [-0.1, -0.05) is 12.1 Å². The largest absolute Gasteiger partial charge is 0.409 e. The lowest BCUT2D eigenvalue weighted by Gasteiger charge is -2.30. The van der Waals surface area contributed by atoms with E-state index in [2.05, 4.69) is 30.3 Å². The first-order chi connectivity index (χ1) is 8.06. The zero-order chi connectivity index (χ0) is 12.9. The highest BCUT2D eigenvalue weighted by molar-refractivity contribution is 7.98. The number of oxime groups is 1. The topological polar surface area (TPSA) is 61.8 Å². The first-order valence-electron chi connectivity index (χ1n) is 6.22. The molecule has 1 atom stereocenters. The van der Waals surface area contributed by atoms with Gasteiger partial charge in [0.25, 0.3) is 0 Å². The van der Waals surface area contributed by atoms with Crippen molar-refractivity contribution in [2.45, 2.75) is 38.6 Å². The van der Waals surface area contributed by atoms with Crippen molar-refractivity contribution in [3.8, 4) is 0 Å². The second-order valence-electron chi connectivity index (χ2n) is 5.20. The van der Waals surface area contributed by atoms with Gasteiger partial charge in [-0.3, -0.25) is 0 Å². The normalized spacial score (nSPS) is 20.6. The van der Waals surface area contributed by atoms with Crippen molar-refractivity contribution in [2.24, 2.45) is 16.3 Å². The Labute approximate surface area is 109 Å². The molecular formula is C12H25N3OS. The standard InChI is InChI=1S/C12H25N3OS/c1-4-10(8-17-3)15(2)9-12(5-6-12)7-11(13)14-16/h10,16H,4-9H2,1-3H3,(H2,13,14). The summed E-state index contributed by atoms with van der Waals surface area (Å²) in [4.78, 5) is 2.44. The molecule has 0 bridgehead atoms. The van der Waals surface area contributed by atoms with Gasteiger partial charge in [-0.15, -0.1) is 0 Å². The lowest BCUT2D eigenvalue weighted by Crippen LogP contribution is -2.38.